The van der Waals surface area contributed by atoms with Crippen LogP contribution in [0.4, 0.5) is 5.69 Å². The summed E-state index contributed by atoms with van der Waals surface area (Å²) >= 11 is 1.33. The number of amides is 2. The molecule has 0 unspecified atom stereocenters. The number of nitrogens with one attached hydrogen (secondary N) is 2. The zero-order chi connectivity index (χ0) is 16.7. The van der Waals surface area contributed by atoms with Gasteiger partial charge in [-0.2, -0.15) is 0 Å². The third-order valence-corrected chi connectivity index (χ3v) is 4.87. The second-order valence-corrected chi connectivity index (χ2v) is 7.07. The van der Waals surface area contributed by atoms with Gasteiger partial charge in [-0.1, -0.05) is 17.7 Å². The van der Waals surface area contributed by atoms with E-state index in [0.29, 0.717) is 5.75 Å². The molecule has 1 aliphatic carbocycles. The summed E-state index contributed by atoms with van der Waals surface area (Å²) in [5.74, 6) is 0.495. The van der Waals surface area contributed by atoms with Gasteiger partial charge < -0.3 is 16.4 Å². The van der Waals surface area contributed by atoms with Gasteiger partial charge in [-0.05, 0) is 44.7 Å². The van der Waals surface area contributed by atoms with Gasteiger partial charge in [-0.15, -0.1) is 24.2 Å². The van der Waals surface area contributed by atoms with Crippen LogP contribution in [0.3, 0.4) is 0 Å². The van der Waals surface area contributed by atoms with Crippen molar-refractivity contribution in [1.82, 2.24) is 5.32 Å². The van der Waals surface area contributed by atoms with Crippen LogP contribution in [0.1, 0.15) is 31.2 Å². The van der Waals surface area contributed by atoms with Crippen LogP contribution in [-0.2, 0) is 9.59 Å². The predicted octanol–water partition coefficient (Wildman–Crippen LogP) is 2.47. The highest BCUT2D eigenvalue weighted by atomic mass is 35.5. The topological polar surface area (TPSA) is 84.2 Å². The molecular weight excluding hydrogens is 346 g/mol. The normalized spacial score (nSPS) is 19.9. The fourth-order valence-electron chi connectivity index (χ4n) is 2.60. The number of benzene rings is 1. The number of aryl methyl sites for hydroxylation is 1. The standard InChI is InChI=1S/C17H25N3O2S.ClH/c1-12-2-6-14(7-3-12)19-16(21)10-23-11-17(22)20-15-8-4-13(18)5-9-15;/h2-3,6-7,13,15H,4-5,8-11,18H2,1H3,(H,19,21)(H,20,22);1H. The van der Waals surface area contributed by atoms with Crippen LogP contribution in [-0.4, -0.2) is 35.4 Å². The summed E-state index contributed by atoms with van der Waals surface area (Å²) in [6.07, 6.45) is 3.84. The van der Waals surface area contributed by atoms with Crippen molar-refractivity contribution in [3.63, 3.8) is 0 Å². The van der Waals surface area contributed by atoms with Crippen LogP contribution in [0.2, 0.25) is 0 Å². The number of anilines is 1. The molecule has 0 aliphatic heterocycles. The van der Waals surface area contributed by atoms with Gasteiger partial charge in [0.2, 0.25) is 11.8 Å². The molecule has 0 bridgehead atoms. The van der Waals surface area contributed by atoms with Crippen LogP contribution >= 0.6 is 24.2 Å². The summed E-state index contributed by atoms with van der Waals surface area (Å²) in [7, 11) is 0. The number of hydrogen-bond donors (Lipinski definition) is 3. The number of nitrogens with two attached hydrogens (primary N) is 1. The SMILES string of the molecule is Cc1ccc(NC(=O)CSCC(=O)NC2CCC(N)CC2)cc1.Cl. The van der Waals surface area contributed by atoms with E-state index in [1.165, 1.54) is 11.8 Å². The average Bonchev–Trinajstić information content (AvgIpc) is 2.52. The van der Waals surface area contributed by atoms with Crippen molar-refractivity contribution >= 4 is 41.7 Å². The second-order valence-electron chi connectivity index (χ2n) is 6.09. The Morgan fingerprint density at radius 1 is 1.08 bits per heavy atom. The zero-order valence-corrected chi connectivity index (χ0v) is 15.6. The first kappa shape index (κ1) is 20.8. The van der Waals surface area contributed by atoms with Crippen molar-refractivity contribution < 1.29 is 9.59 Å². The molecule has 2 rings (SSSR count). The van der Waals surface area contributed by atoms with E-state index in [0.717, 1.165) is 36.9 Å². The van der Waals surface area contributed by atoms with E-state index in [9.17, 15) is 9.59 Å². The van der Waals surface area contributed by atoms with Crippen molar-refractivity contribution in [2.24, 2.45) is 5.73 Å². The molecule has 0 saturated heterocycles. The third kappa shape index (κ3) is 7.55. The van der Waals surface area contributed by atoms with Gasteiger partial charge >= 0.3 is 0 Å². The number of carbonyl (C=O) groups is 2. The fourth-order valence-corrected chi connectivity index (χ4v) is 3.23. The minimum absolute atomic E-state index is 0. The Hall–Kier alpha value is -1.24. The molecule has 4 N–H and O–H groups in total. The quantitative estimate of drug-likeness (QED) is 0.717. The van der Waals surface area contributed by atoms with E-state index in [1.54, 1.807) is 0 Å². The van der Waals surface area contributed by atoms with Crippen LogP contribution in [0.5, 0.6) is 0 Å². The lowest BCUT2D eigenvalue weighted by molar-refractivity contribution is -0.119. The maximum Gasteiger partial charge on any atom is 0.234 e. The first-order valence-electron chi connectivity index (χ1n) is 8.02. The van der Waals surface area contributed by atoms with Gasteiger partial charge in [0.1, 0.15) is 0 Å². The van der Waals surface area contributed by atoms with Gasteiger partial charge in [0.05, 0.1) is 11.5 Å². The second kappa shape index (κ2) is 10.6. The molecule has 1 aliphatic rings. The lowest BCUT2D eigenvalue weighted by atomic mass is 9.92. The minimum Gasteiger partial charge on any atom is -0.353 e. The predicted molar refractivity (Wildman–Crippen MR) is 103 cm³/mol. The maximum atomic E-state index is 11.9. The molecule has 0 spiro atoms. The zero-order valence-electron chi connectivity index (χ0n) is 13.9. The van der Waals surface area contributed by atoms with E-state index in [4.69, 9.17) is 5.73 Å². The highest BCUT2D eigenvalue weighted by Crippen LogP contribution is 2.17. The molecule has 1 aromatic rings. The third-order valence-electron chi connectivity index (χ3n) is 3.94. The smallest absolute Gasteiger partial charge is 0.234 e. The largest absolute Gasteiger partial charge is 0.353 e. The summed E-state index contributed by atoms with van der Waals surface area (Å²) in [5.41, 5.74) is 7.78. The Morgan fingerprint density at radius 3 is 2.29 bits per heavy atom. The molecule has 0 heterocycles. The fraction of sp³-hybridized carbons (Fsp3) is 0.529. The van der Waals surface area contributed by atoms with Gasteiger partial charge in [0.25, 0.3) is 0 Å². The van der Waals surface area contributed by atoms with E-state index in [-0.39, 0.29) is 42.1 Å². The molecule has 1 aromatic carbocycles. The van der Waals surface area contributed by atoms with E-state index in [1.807, 2.05) is 31.2 Å². The van der Waals surface area contributed by atoms with E-state index >= 15 is 0 Å². The van der Waals surface area contributed by atoms with Gasteiger partial charge in [-0.3, -0.25) is 9.59 Å². The molecular formula is C17H26ClN3O2S. The number of rotatable bonds is 6. The van der Waals surface area contributed by atoms with Crippen LogP contribution in [0, 0.1) is 6.92 Å². The summed E-state index contributed by atoms with van der Waals surface area (Å²) < 4.78 is 0. The van der Waals surface area contributed by atoms with Crippen LogP contribution < -0.4 is 16.4 Å². The van der Waals surface area contributed by atoms with Gasteiger partial charge in [0.15, 0.2) is 0 Å². The highest BCUT2D eigenvalue weighted by molar-refractivity contribution is 8.00. The van der Waals surface area contributed by atoms with Crippen molar-refractivity contribution in [1.29, 1.82) is 0 Å². The van der Waals surface area contributed by atoms with Crippen LogP contribution in [0.15, 0.2) is 24.3 Å². The molecule has 7 heteroatoms. The molecule has 0 radical (unpaired) electrons. The van der Waals surface area contributed by atoms with Crippen molar-refractivity contribution in [2.75, 3.05) is 16.8 Å². The van der Waals surface area contributed by atoms with Crippen molar-refractivity contribution in [3.8, 4) is 0 Å². The summed E-state index contributed by atoms with van der Waals surface area (Å²) in [4.78, 5) is 23.7. The van der Waals surface area contributed by atoms with Gasteiger partial charge in [-0.25, -0.2) is 0 Å². The molecule has 134 valence electrons. The Morgan fingerprint density at radius 2 is 1.67 bits per heavy atom. The molecule has 2 amide bonds. The molecule has 1 saturated carbocycles. The van der Waals surface area contributed by atoms with E-state index in [2.05, 4.69) is 10.6 Å². The van der Waals surface area contributed by atoms with E-state index < -0.39 is 0 Å². The first-order chi connectivity index (χ1) is 11.0. The monoisotopic (exact) mass is 371 g/mol. The number of hydrogen-bond acceptors (Lipinski definition) is 4. The molecule has 0 atom stereocenters. The van der Waals surface area contributed by atoms with Crippen LogP contribution in [0.25, 0.3) is 0 Å². The molecule has 0 aromatic heterocycles. The highest BCUT2D eigenvalue weighted by Gasteiger charge is 2.19. The summed E-state index contributed by atoms with van der Waals surface area (Å²) in [5, 5.41) is 5.85. The molecule has 1 fully saturated rings. The lowest BCUT2D eigenvalue weighted by Gasteiger charge is -2.26. The average molecular weight is 372 g/mol. The summed E-state index contributed by atoms with van der Waals surface area (Å²) in [6.45, 7) is 2.00. The number of carbonyl (C=O) groups excluding carboxylic acids is 2. The van der Waals surface area contributed by atoms with Crippen molar-refractivity contribution in [3.05, 3.63) is 29.8 Å². The molecule has 24 heavy (non-hydrogen) atoms. The Balaban J connectivity index is 0.00000288. The Labute approximate surface area is 153 Å². The lowest BCUT2D eigenvalue weighted by Crippen LogP contribution is -2.41. The Kier molecular flexibility index (Phi) is 9.18. The first-order valence-corrected chi connectivity index (χ1v) is 9.17. The maximum absolute atomic E-state index is 11.9. The molecule has 5 nitrogen and oxygen atoms in total. The number of thioether (sulfide) groups is 1. The number of halogens is 1. The van der Waals surface area contributed by atoms with Crippen molar-refractivity contribution in [2.45, 2.75) is 44.7 Å². The Bertz CT molecular complexity index is 531. The minimum atomic E-state index is -0.0877. The van der Waals surface area contributed by atoms with Gasteiger partial charge in [0, 0.05) is 17.8 Å². The summed E-state index contributed by atoms with van der Waals surface area (Å²) in [6, 6.07) is 8.17.